The van der Waals surface area contributed by atoms with Crippen LogP contribution in [-0.4, -0.2) is 16.9 Å². The van der Waals surface area contributed by atoms with Gasteiger partial charge >= 0.3 is 0 Å². The van der Waals surface area contributed by atoms with Gasteiger partial charge in [-0.2, -0.15) is 0 Å². The van der Waals surface area contributed by atoms with Gasteiger partial charge < -0.3 is 4.43 Å². The van der Waals surface area contributed by atoms with Crippen LogP contribution in [0.5, 0.6) is 0 Å². The lowest BCUT2D eigenvalue weighted by atomic mass is 10.1. The van der Waals surface area contributed by atoms with Crippen LogP contribution in [0.3, 0.4) is 0 Å². The molecule has 0 aromatic heterocycles. The second-order valence-corrected chi connectivity index (χ2v) is 4.14. The Labute approximate surface area is 76.7 Å². The average Bonchev–Trinajstić information content (AvgIpc) is 2.07. The Kier molecular flexibility index (Phi) is 3.06. The smallest absolute Gasteiger partial charge is 0.268 e. The minimum atomic E-state index is 0.479. The maximum absolute atomic E-state index is 5.13. The highest BCUT2D eigenvalue weighted by Crippen LogP contribution is 2.08. The van der Waals surface area contributed by atoms with E-state index in [1.165, 1.54) is 21.9 Å². The normalized spacial score (nSPS) is 10.3. The molecule has 1 rings (SSSR count). The Morgan fingerprint density at radius 1 is 1.08 bits per heavy atom. The van der Waals surface area contributed by atoms with E-state index in [0.29, 0.717) is 9.76 Å². The van der Waals surface area contributed by atoms with Crippen LogP contribution >= 0.6 is 0 Å². The Hall–Kier alpha value is -0.603. The summed E-state index contributed by atoms with van der Waals surface area (Å²) in [6, 6.07) is 4.31. The molecule has 1 aromatic carbocycles. The van der Waals surface area contributed by atoms with E-state index in [-0.39, 0.29) is 0 Å². The molecule has 1 nitrogen and oxygen atoms in total. The third-order valence-electron chi connectivity index (χ3n) is 2.27. The van der Waals surface area contributed by atoms with Crippen molar-refractivity contribution in [2.45, 2.75) is 20.8 Å². The molecule has 2 radical (unpaired) electrons. The van der Waals surface area contributed by atoms with Gasteiger partial charge in [-0.1, -0.05) is 12.1 Å². The molecule has 0 bridgehead atoms. The van der Waals surface area contributed by atoms with E-state index in [2.05, 4.69) is 32.9 Å². The van der Waals surface area contributed by atoms with Crippen molar-refractivity contribution < 1.29 is 4.43 Å². The largest absolute Gasteiger partial charge is 0.415 e. The summed E-state index contributed by atoms with van der Waals surface area (Å²) in [5.74, 6) is 0. The molecular formula is C10H14OSi. The van der Waals surface area contributed by atoms with Gasteiger partial charge in [0, 0.05) is 7.11 Å². The molecule has 0 aliphatic carbocycles. The van der Waals surface area contributed by atoms with Crippen molar-refractivity contribution in [1.82, 2.24) is 0 Å². The van der Waals surface area contributed by atoms with Crippen LogP contribution in [0.25, 0.3) is 0 Å². The van der Waals surface area contributed by atoms with Crippen LogP contribution in [0.2, 0.25) is 0 Å². The highest BCUT2D eigenvalue weighted by atomic mass is 28.2. The predicted molar refractivity (Wildman–Crippen MR) is 53.1 cm³/mol. The summed E-state index contributed by atoms with van der Waals surface area (Å²) in [4.78, 5) is 0. The van der Waals surface area contributed by atoms with Gasteiger partial charge in [-0.15, -0.1) is 0 Å². The zero-order valence-corrected chi connectivity index (χ0v) is 9.06. The summed E-state index contributed by atoms with van der Waals surface area (Å²) in [6.07, 6.45) is 0. The zero-order valence-electron chi connectivity index (χ0n) is 8.06. The van der Waals surface area contributed by atoms with Crippen molar-refractivity contribution >= 4 is 14.9 Å². The highest BCUT2D eigenvalue weighted by molar-refractivity contribution is 6.47. The van der Waals surface area contributed by atoms with Crippen LogP contribution in [0.15, 0.2) is 12.1 Å². The maximum Gasteiger partial charge on any atom is 0.268 e. The minimum Gasteiger partial charge on any atom is -0.415 e. The van der Waals surface area contributed by atoms with E-state index < -0.39 is 0 Å². The van der Waals surface area contributed by atoms with Crippen molar-refractivity contribution in [2.75, 3.05) is 7.11 Å². The molecule has 0 heterocycles. The van der Waals surface area contributed by atoms with Crippen molar-refractivity contribution in [1.29, 1.82) is 0 Å². The summed E-state index contributed by atoms with van der Waals surface area (Å²) < 4.78 is 5.13. The van der Waals surface area contributed by atoms with Gasteiger partial charge in [-0.25, -0.2) is 0 Å². The minimum absolute atomic E-state index is 0.479. The third kappa shape index (κ3) is 1.76. The summed E-state index contributed by atoms with van der Waals surface area (Å²) in [7, 11) is 2.22. The van der Waals surface area contributed by atoms with E-state index in [0.717, 1.165) is 0 Å². The Morgan fingerprint density at radius 3 is 2.33 bits per heavy atom. The molecule has 0 fully saturated rings. The zero-order chi connectivity index (χ0) is 9.14. The third-order valence-corrected chi connectivity index (χ3v) is 3.24. The van der Waals surface area contributed by atoms with Gasteiger partial charge in [0.05, 0.1) is 0 Å². The number of benzene rings is 1. The molecule has 0 saturated heterocycles. The lowest BCUT2D eigenvalue weighted by molar-refractivity contribution is 0.450. The Morgan fingerprint density at radius 2 is 1.75 bits per heavy atom. The Balaban J connectivity index is 3.08. The number of rotatable bonds is 2. The standard InChI is InChI=1S/C10H14OSi/c1-7-5-6-10(12-11-4)9(3)8(7)2/h5-6H,1-4H3. The monoisotopic (exact) mass is 178 g/mol. The fourth-order valence-electron chi connectivity index (χ4n) is 1.18. The van der Waals surface area contributed by atoms with E-state index >= 15 is 0 Å². The molecule has 0 N–H and O–H groups in total. The molecule has 64 valence electrons. The molecule has 2 heteroatoms. The molecular weight excluding hydrogens is 164 g/mol. The molecule has 0 spiro atoms. The molecule has 0 aliphatic heterocycles. The molecule has 0 amide bonds. The molecule has 0 atom stereocenters. The maximum atomic E-state index is 5.13. The van der Waals surface area contributed by atoms with Gasteiger partial charge in [0.1, 0.15) is 0 Å². The summed E-state index contributed by atoms with van der Waals surface area (Å²) in [5.41, 5.74) is 4.12. The molecule has 0 saturated carbocycles. The van der Waals surface area contributed by atoms with Gasteiger partial charge in [0.15, 0.2) is 0 Å². The van der Waals surface area contributed by atoms with Crippen molar-refractivity contribution in [3.8, 4) is 0 Å². The second-order valence-electron chi connectivity index (χ2n) is 2.99. The first kappa shape index (κ1) is 9.48. The first-order valence-corrected chi connectivity index (χ1v) is 4.93. The van der Waals surface area contributed by atoms with Crippen molar-refractivity contribution in [3.05, 3.63) is 28.8 Å². The van der Waals surface area contributed by atoms with Crippen LogP contribution in [0.1, 0.15) is 16.7 Å². The van der Waals surface area contributed by atoms with Gasteiger partial charge in [-0.05, 0) is 42.6 Å². The Bertz CT molecular complexity index is 281. The van der Waals surface area contributed by atoms with Crippen LogP contribution in [0, 0.1) is 20.8 Å². The van der Waals surface area contributed by atoms with Crippen LogP contribution in [0.4, 0.5) is 0 Å². The van der Waals surface area contributed by atoms with Gasteiger partial charge in [-0.3, -0.25) is 0 Å². The summed E-state index contributed by atoms with van der Waals surface area (Å²) >= 11 is 0. The summed E-state index contributed by atoms with van der Waals surface area (Å²) in [5, 5.41) is 1.32. The van der Waals surface area contributed by atoms with Crippen molar-refractivity contribution in [3.63, 3.8) is 0 Å². The quantitative estimate of drug-likeness (QED) is 0.624. The predicted octanol–water partition coefficient (Wildman–Crippen LogP) is 1.50. The highest BCUT2D eigenvalue weighted by Gasteiger charge is 2.03. The van der Waals surface area contributed by atoms with E-state index in [4.69, 9.17) is 4.43 Å². The number of aryl methyl sites for hydroxylation is 1. The SMILES string of the molecule is CO[Si]c1ccc(C)c(C)c1C. The number of hydrogen-bond donors (Lipinski definition) is 0. The number of hydrogen-bond acceptors (Lipinski definition) is 1. The lowest BCUT2D eigenvalue weighted by Crippen LogP contribution is -2.20. The van der Waals surface area contributed by atoms with E-state index in [9.17, 15) is 0 Å². The average molecular weight is 178 g/mol. The second kappa shape index (κ2) is 3.87. The fourth-order valence-corrected chi connectivity index (χ4v) is 1.89. The molecule has 12 heavy (non-hydrogen) atoms. The lowest BCUT2D eigenvalue weighted by Gasteiger charge is -2.08. The first-order valence-electron chi connectivity index (χ1n) is 4.02. The van der Waals surface area contributed by atoms with Crippen LogP contribution < -0.4 is 5.19 Å². The fraction of sp³-hybridized carbons (Fsp3) is 0.400. The van der Waals surface area contributed by atoms with Gasteiger partial charge in [0.25, 0.3) is 9.76 Å². The summed E-state index contributed by atoms with van der Waals surface area (Å²) in [6.45, 7) is 6.46. The van der Waals surface area contributed by atoms with E-state index in [1.807, 2.05) is 0 Å². The molecule has 1 aromatic rings. The first-order chi connectivity index (χ1) is 5.66. The molecule has 0 unspecified atom stereocenters. The molecule has 0 aliphatic rings. The van der Waals surface area contributed by atoms with Crippen molar-refractivity contribution in [2.24, 2.45) is 0 Å². The topological polar surface area (TPSA) is 9.23 Å². The van der Waals surface area contributed by atoms with Crippen LogP contribution in [-0.2, 0) is 4.43 Å². The van der Waals surface area contributed by atoms with Gasteiger partial charge in [0.2, 0.25) is 0 Å². The van der Waals surface area contributed by atoms with E-state index in [1.54, 1.807) is 7.11 Å².